The van der Waals surface area contributed by atoms with Gasteiger partial charge in [0.2, 0.25) is 5.78 Å². The Kier molecular flexibility index (Phi) is 3.85. The topological polar surface area (TPSA) is 43.4 Å². The van der Waals surface area contributed by atoms with Gasteiger partial charge < -0.3 is 4.74 Å². The molecule has 14 heavy (non-hydrogen) atoms. The highest BCUT2D eigenvalue weighted by atomic mass is 16.5. The van der Waals surface area contributed by atoms with Gasteiger partial charge in [-0.15, -0.1) is 0 Å². The molecule has 0 spiro atoms. The Bertz CT molecular complexity index is 317. The number of rotatable bonds is 4. The predicted octanol–water partition coefficient (Wildman–Crippen LogP) is 1.71. The molecule has 0 aliphatic rings. The van der Waals surface area contributed by atoms with Crippen molar-refractivity contribution >= 4 is 11.8 Å². The molecular weight excluding hydrogens is 180 g/mol. The highest BCUT2D eigenvalue weighted by Gasteiger charge is 2.11. The van der Waals surface area contributed by atoms with Gasteiger partial charge in [-0.1, -0.05) is 37.3 Å². The van der Waals surface area contributed by atoms with Crippen molar-refractivity contribution in [1.29, 1.82) is 0 Å². The van der Waals surface area contributed by atoms with E-state index < -0.39 is 11.8 Å². The fourth-order valence-electron chi connectivity index (χ4n) is 0.948. The summed E-state index contributed by atoms with van der Waals surface area (Å²) in [7, 11) is 0. The van der Waals surface area contributed by atoms with E-state index in [0.29, 0.717) is 0 Å². The Morgan fingerprint density at radius 1 is 1.21 bits per heavy atom. The lowest BCUT2D eigenvalue weighted by molar-refractivity contribution is -0.154. The van der Waals surface area contributed by atoms with Gasteiger partial charge in [-0.3, -0.25) is 4.79 Å². The molecule has 0 heterocycles. The van der Waals surface area contributed by atoms with E-state index in [1.165, 1.54) is 0 Å². The van der Waals surface area contributed by atoms with Crippen molar-refractivity contribution < 1.29 is 14.3 Å². The molecule has 0 unspecified atom stereocenters. The SMILES string of the molecule is CCC(=O)C(=O)OCc1ccccc1. The molecule has 0 bridgehead atoms. The maximum atomic E-state index is 11.0. The third kappa shape index (κ3) is 3.01. The first-order valence-corrected chi connectivity index (χ1v) is 4.48. The van der Waals surface area contributed by atoms with Gasteiger partial charge in [-0.2, -0.15) is 0 Å². The van der Waals surface area contributed by atoms with E-state index in [1.54, 1.807) is 6.92 Å². The molecule has 0 saturated carbocycles. The van der Waals surface area contributed by atoms with Crippen molar-refractivity contribution in [2.45, 2.75) is 20.0 Å². The Hall–Kier alpha value is -1.64. The van der Waals surface area contributed by atoms with Crippen LogP contribution in [-0.2, 0) is 20.9 Å². The van der Waals surface area contributed by atoms with E-state index in [4.69, 9.17) is 4.74 Å². The first-order valence-electron chi connectivity index (χ1n) is 4.48. The van der Waals surface area contributed by atoms with Crippen molar-refractivity contribution in [2.75, 3.05) is 0 Å². The van der Waals surface area contributed by atoms with E-state index in [0.717, 1.165) is 5.56 Å². The van der Waals surface area contributed by atoms with Crippen LogP contribution in [-0.4, -0.2) is 11.8 Å². The summed E-state index contributed by atoms with van der Waals surface area (Å²) in [6.45, 7) is 1.79. The summed E-state index contributed by atoms with van der Waals surface area (Å²) in [6, 6.07) is 9.26. The Morgan fingerprint density at radius 3 is 2.43 bits per heavy atom. The first kappa shape index (κ1) is 10.4. The molecule has 1 rings (SSSR count). The summed E-state index contributed by atoms with van der Waals surface area (Å²) < 4.78 is 4.79. The zero-order valence-corrected chi connectivity index (χ0v) is 8.03. The third-order valence-corrected chi connectivity index (χ3v) is 1.76. The number of hydrogen-bond donors (Lipinski definition) is 0. The molecule has 1 aromatic carbocycles. The standard InChI is InChI=1S/C11H12O3/c1-2-10(12)11(13)14-8-9-6-4-3-5-7-9/h3-7H,2,8H2,1H3. The number of hydrogen-bond acceptors (Lipinski definition) is 3. The van der Waals surface area contributed by atoms with Gasteiger partial charge in [-0.05, 0) is 5.56 Å². The van der Waals surface area contributed by atoms with E-state index in [1.807, 2.05) is 30.3 Å². The van der Waals surface area contributed by atoms with Crippen molar-refractivity contribution in [2.24, 2.45) is 0 Å². The molecule has 0 amide bonds. The number of ketones is 1. The molecule has 0 aliphatic carbocycles. The minimum atomic E-state index is -0.753. The Balaban J connectivity index is 2.42. The molecule has 74 valence electrons. The third-order valence-electron chi connectivity index (χ3n) is 1.76. The van der Waals surface area contributed by atoms with Crippen LogP contribution in [0.3, 0.4) is 0 Å². The fourth-order valence-corrected chi connectivity index (χ4v) is 0.948. The van der Waals surface area contributed by atoms with E-state index >= 15 is 0 Å². The highest BCUT2D eigenvalue weighted by Crippen LogP contribution is 2.01. The van der Waals surface area contributed by atoms with Crippen LogP contribution in [0.5, 0.6) is 0 Å². The molecule has 0 radical (unpaired) electrons. The molecule has 3 nitrogen and oxygen atoms in total. The maximum absolute atomic E-state index is 11.0. The maximum Gasteiger partial charge on any atom is 0.374 e. The van der Waals surface area contributed by atoms with Crippen LogP contribution in [0.4, 0.5) is 0 Å². The lowest BCUT2D eigenvalue weighted by atomic mass is 10.2. The highest BCUT2D eigenvalue weighted by molar-refractivity contribution is 6.33. The molecule has 3 heteroatoms. The van der Waals surface area contributed by atoms with Crippen LogP contribution in [0.1, 0.15) is 18.9 Å². The Labute approximate surface area is 82.7 Å². The molecule has 0 aliphatic heterocycles. The summed E-state index contributed by atoms with van der Waals surface area (Å²) >= 11 is 0. The van der Waals surface area contributed by atoms with E-state index in [-0.39, 0.29) is 13.0 Å². The van der Waals surface area contributed by atoms with Crippen molar-refractivity contribution in [1.82, 2.24) is 0 Å². The van der Waals surface area contributed by atoms with Gasteiger partial charge in [0.05, 0.1) is 0 Å². The van der Waals surface area contributed by atoms with Crippen molar-refractivity contribution in [3.8, 4) is 0 Å². The molecule has 0 aromatic heterocycles. The van der Waals surface area contributed by atoms with E-state index in [9.17, 15) is 9.59 Å². The molecule has 0 saturated heterocycles. The summed E-state index contributed by atoms with van der Waals surface area (Å²) in [5.41, 5.74) is 0.879. The molecule has 0 N–H and O–H groups in total. The normalized spacial score (nSPS) is 9.50. The lowest BCUT2D eigenvalue weighted by Gasteiger charge is -2.02. The zero-order valence-electron chi connectivity index (χ0n) is 8.03. The number of benzene rings is 1. The number of esters is 1. The van der Waals surface area contributed by atoms with Crippen LogP contribution in [0.15, 0.2) is 30.3 Å². The molecule has 0 atom stereocenters. The summed E-state index contributed by atoms with van der Waals surface area (Å²) in [5, 5.41) is 0. The quantitative estimate of drug-likeness (QED) is 0.538. The van der Waals surface area contributed by atoms with Crippen LogP contribution in [0.2, 0.25) is 0 Å². The van der Waals surface area contributed by atoms with Crippen molar-refractivity contribution in [3.05, 3.63) is 35.9 Å². The van der Waals surface area contributed by atoms with E-state index in [2.05, 4.69) is 0 Å². The summed E-state index contributed by atoms with van der Waals surface area (Å²) in [4.78, 5) is 21.8. The second-order valence-electron chi connectivity index (χ2n) is 2.84. The van der Waals surface area contributed by atoms with Gasteiger partial charge >= 0.3 is 5.97 Å². The van der Waals surface area contributed by atoms with Gasteiger partial charge in [0.25, 0.3) is 0 Å². The summed E-state index contributed by atoms with van der Waals surface area (Å²) in [5.74, 6) is -1.24. The number of carbonyl (C=O) groups is 2. The average Bonchev–Trinajstić information content (AvgIpc) is 2.26. The molecule has 1 aromatic rings. The minimum Gasteiger partial charge on any atom is -0.455 e. The van der Waals surface area contributed by atoms with Crippen LogP contribution in [0, 0.1) is 0 Å². The monoisotopic (exact) mass is 192 g/mol. The average molecular weight is 192 g/mol. The first-order chi connectivity index (χ1) is 6.74. The minimum absolute atomic E-state index is 0.158. The second kappa shape index (κ2) is 5.17. The van der Waals surface area contributed by atoms with Gasteiger partial charge in [0.15, 0.2) is 0 Å². The van der Waals surface area contributed by atoms with Gasteiger partial charge in [0.1, 0.15) is 6.61 Å². The molecule has 0 fully saturated rings. The largest absolute Gasteiger partial charge is 0.455 e. The number of ether oxygens (including phenoxy) is 1. The number of Topliss-reactive ketones (excluding diaryl/α,β-unsaturated/α-hetero) is 1. The second-order valence-corrected chi connectivity index (χ2v) is 2.84. The van der Waals surface area contributed by atoms with Gasteiger partial charge in [0, 0.05) is 6.42 Å². The van der Waals surface area contributed by atoms with Crippen LogP contribution >= 0.6 is 0 Å². The Morgan fingerprint density at radius 2 is 1.86 bits per heavy atom. The number of carbonyl (C=O) groups excluding carboxylic acids is 2. The van der Waals surface area contributed by atoms with Gasteiger partial charge in [-0.25, -0.2) is 4.79 Å². The fraction of sp³-hybridized carbons (Fsp3) is 0.273. The molecular formula is C11H12O3. The smallest absolute Gasteiger partial charge is 0.374 e. The van der Waals surface area contributed by atoms with Crippen molar-refractivity contribution in [3.63, 3.8) is 0 Å². The predicted molar refractivity (Wildman–Crippen MR) is 51.5 cm³/mol. The lowest BCUT2D eigenvalue weighted by Crippen LogP contribution is -2.15. The zero-order chi connectivity index (χ0) is 10.4. The van der Waals surface area contributed by atoms with Crippen LogP contribution in [0.25, 0.3) is 0 Å². The summed E-state index contributed by atoms with van der Waals surface area (Å²) in [6.07, 6.45) is 0.188. The van der Waals surface area contributed by atoms with Crippen LogP contribution < -0.4 is 0 Å².